The zero-order valence-electron chi connectivity index (χ0n) is 17.5. The lowest BCUT2D eigenvalue weighted by Crippen LogP contribution is -2.33. The summed E-state index contributed by atoms with van der Waals surface area (Å²) in [7, 11) is 1.87. The van der Waals surface area contributed by atoms with Gasteiger partial charge >= 0.3 is 0 Å². The number of benzene rings is 3. The molecule has 0 radical (unpaired) electrons. The van der Waals surface area contributed by atoms with Gasteiger partial charge in [0.15, 0.2) is 0 Å². The minimum Gasteiger partial charge on any atom is -0.386 e. The molecule has 0 fully saturated rings. The molecule has 0 spiro atoms. The van der Waals surface area contributed by atoms with Gasteiger partial charge in [0.2, 0.25) is 0 Å². The van der Waals surface area contributed by atoms with Gasteiger partial charge in [-0.1, -0.05) is 91.0 Å². The van der Waals surface area contributed by atoms with Crippen LogP contribution in [-0.2, 0) is 6.42 Å². The Labute approximate surface area is 179 Å². The van der Waals surface area contributed by atoms with Crippen molar-refractivity contribution in [1.29, 1.82) is 5.26 Å². The van der Waals surface area contributed by atoms with E-state index >= 15 is 0 Å². The Kier molecular flexibility index (Phi) is 7.43. The van der Waals surface area contributed by atoms with Gasteiger partial charge in [0, 0.05) is 13.0 Å². The second-order valence-corrected chi connectivity index (χ2v) is 7.58. The highest BCUT2D eigenvalue weighted by molar-refractivity contribution is 5.33. The molecule has 3 aromatic rings. The van der Waals surface area contributed by atoms with Gasteiger partial charge in [0.1, 0.15) is 11.8 Å². The fourth-order valence-corrected chi connectivity index (χ4v) is 3.63. The molecule has 0 aliphatic carbocycles. The Morgan fingerprint density at radius 2 is 1.40 bits per heavy atom. The fourth-order valence-electron chi connectivity index (χ4n) is 3.63. The van der Waals surface area contributed by atoms with Crippen LogP contribution in [0.5, 0.6) is 0 Å². The first kappa shape index (κ1) is 21.4. The summed E-state index contributed by atoms with van der Waals surface area (Å²) in [6.07, 6.45) is 2.15. The average molecular weight is 397 g/mol. The van der Waals surface area contributed by atoms with Crippen LogP contribution in [0.2, 0.25) is 0 Å². The number of nitrogens with zero attached hydrogens (tertiary/aromatic N) is 2. The van der Waals surface area contributed by atoms with E-state index in [4.69, 9.17) is 0 Å². The molecule has 0 saturated carbocycles. The third-order valence-corrected chi connectivity index (χ3v) is 5.59. The number of likely N-dealkylation sites (N-methyl/N-ethyl adjacent to an activating group) is 1. The van der Waals surface area contributed by atoms with Gasteiger partial charge in [-0.25, -0.2) is 0 Å². The van der Waals surface area contributed by atoms with Gasteiger partial charge in [-0.2, -0.15) is 5.26 Å². The second kappa shape index (κ2) is 10.4. The summed E-state index contributed by atoms with van der Waals surface area (Å²) in [6.45, 7) is 1.94. The molecule has 0 aliphatic rings. The molecular formula is C27H28N2O. The maximum Gasteiger partial charge on any atom is 0.117 e. The molecule has 0 aromatic heterocycles. The zero-order chi connectivity index (χ0) is 21.3. The van der Waals surface area contributed by atoms with Crippen LogP contribution in [0.4, 0.5) is 0 Å². The maximum absolute atomic E-state index is 10.8. The Morgan fingerprint density at radius 3 is 1.93 bits per heavy atom. The number of hydrogen-bond donors (Lipinski definition) is 1. The van der Waals surface area contributed by atoms with Gasteiger partial charge in [0.25, 0.3) is 0 Å². The van der Waals surface area contributed by atoms with Gasteiger partial charge in [0.05, 0.1) is 12.1 Å². The van der Waals surface area contributed by atoms with Crippen molar-refractivity contribution in [2.75, 3.05) is 7.05 Å². The van der Waals surface area contributed by atoms with E-state index in [0.717, 1.165) is 12.0 Å². The number of aliphatic hydroxyl groups excluding tert-OH is 1. The van der Waals surface area contributed by atoms with E-state index in [-0.39, 0.29) is 12.0 Å². The van der Waals surface area contributed by atoms with Gasteiger partial charge in [-0.05, 0) is 36.1 Å². The molecule has 3 nitrogen and oxygen atoms in total. The van der Waals surface area contributed by atoms with Crippen molar-refractivity contribution >= 4 is 0 Å². The summed E-state index contributed by atoms with van der Waals surface area (Å²) < 4.78 is 0. The smallest absolute Gasteiger partial charge is 0.117 e. The summed E-state index contributed by atoms with van der Waals surface area (Å²) >= 11 is 0. The fraction of sp³-hybridized carbons (Fsp3) is 0.222. The highest BCUT2D eigenvalue weighted by atomic mass is 16.3. The molecule has 0 saturated heterocycles. The van der Waals surface area contributed by atoms with Crippen LogP contribution in [0.1, 0.15) is 35.6 Å². The summed E-state index contributed by atoms with van der Waals surface area (Å²) in [5.41, 5.74) is 3.79. The van der Waals surface area contributed by atoms with E-state index in [1.165, 1.54) is 11.1 Å². The Morgan fingerprint density at radius 1 is 0.900 bits per heavy atom. The van der Waals surface area contributed by atoms with Crippen LogP contribution in [-0.4, -0.2) is 23.1 Å². The topological polar surface area (TPSA) is 47.3 Å². The summed E-state index contributed by atoms with van der Waals surface area (Å²) in [4.78, 5) is 1.87. The lowest BCUT2D eigenvalue weighted by atomic mass is 9.90. The predicted molar refractivity (Wildman–Crippen MR) is 122 cm³/mol. The molecule has 0 bridgehead atoms. The van der Waals surface area contributed by atoms with E-state index in [2.05, 4.69) is 30.3 Å². The standard InChI is InChI=1S/C27H28N2O/c1-21(27(30)24-16-10-5-11-17-24)29(2)26(20-28)19-25(23-14-8-4-9-15-23)18-22-12-6-3-7-13-22/h3-17,19,21,25,27,30H,18H2,1-2H3/b26-19+/t21-,25-,27-/m0/s1. The van der Waals surface area contributed by atoms with Crippen LogP contribution in [0.25, 0.3) is 0 Å². The van der Waals surface area contributed by atoms with Crippen LogP contribution in [0.15, 0.2) is 103 Å². The largest absolute Gasteiger partial charge is 0.386 e. The average Bonchev–Trinajstić information content (AvgIpc) is 2.82. The molecular weight excluding hydrogens is 368 g/mol. The molecule has 30 heavy (non-hydrogen) atoms. The monoisotopic (exact) mass is 396 g/mol. The quantitative estimate of drug-likeness (QED) is 0.513. The lowest BCUT2D eigenvalue weighted by Gasteiger charge is -2.31. The van der Waals surface area contributed by atoms with Crippen molar-refractivity contribution in [3.63, 3.8) is 0 Å². The number of nitriles is 1. The van der Waals surface area contributed by atoms with Crippen molar-refractivity contribution in [3.8, 4) is 6.07 Å². The minimum atomic E-state index is -0.683. The molecule has 3 aromatic carbocycles. The number of rotatable bonds is 8. The first-order valence-electron chi connectivity index (χ1n) is 10.3. The normalized spacial score (nSPS) is 14.4. The van der Waals surface area contributed by atoms with Crippen molar-refractivity contribution in [2.45, 2.75) is 31.4 Å². The molecule has 0 unspecified atom stereocenters. The van der Waals surface area contributed by atoms with E-state index in [1.807, 2.05) is 91.7 Å². The zero-order valence-corrected chi connectivity index (χ0v) is 17.5. The third kappa shape index (κ3) is 5.37. The Bertz CT molecular complexity index is 978. The molecule has 0 aliphatic heterocycles. The van der Waals surface area contributed by atoms with Crippen LogP contribution in [0.3, 0.4) is 0 Å². The molecule has 3 rings (SSSR count). The van der Waals surface area contributed by atoms with Crippen LogP contribution < -0.4 is 0 Å². The number of allylic oxidation sites excluding steroid dienone is 2. The number of aliphatic hydroxyl groups is 1. The van der Waals surface area contributed by atoms with E-state index < -0.39 is 6.10 Å². The van der Waals surface area contributed by atoms with Crippen molar-refractivity contribution < 1.29 is 5.11 Å². The van der Waals surface area contributed by atoms with E-state index in [1.54, 1.807) is 0 Å². The Balaban J connectivity index is 1.88. The molecule has 0 heterocycles. The highest BCUT2D eigenvalue weighted by Gasteiger charge is 2.23. The second-order valence-electron chi connectivity index (χ2n) is 7.58. The predicted octanol–water partition coefficient (Wildman–Crippen LogP) is 5.47. The van der Waals surface area contributed by atoms with E-state index in [0.29, 0.717) is 5.70 Å². The molecule has 3 atom stereocenters. The van der Waals surface area contributed by atoms with Gasteiger partial charge in [-0.15, -0.1) is 0 Å². The van der Waals surface area contributed by atoms with Crippen molar-refractivity contribution in [2.24, 2.45) is 0 Å². The van der Waals surface area contributed by atoms with Crippen LogP contribution in [0, 0.1) is 11.3 Å². The van der Waals surface area contributed by atoms with Crippen molar-refractivity contribution in [3.05, 3.63) is 119 Å². The van der Waals surface area contributed by atoms with Gasteiger partial charge in [-0.3, -0.25) is 0 Å². The summed E-state index contributed by atoms with van der Waals surface area (Å²) in [6, 6.07) is 32.3. The molecule has 3 heteroatoms. The highest BCUT2D eigenvalue weighted by Crippen LogP contribution is 2.27. The van der Waals surface area contributed by atoms with E-state index in [9.17, 15) is 10.4 Å². The first-order chi connectivity index (χ1) is 14.6. The van der Waals surface area contributed by atoms with Gasteiger partial charge < -0.3 is 10.0 Å². The third-order valence-electron chi connectivity index (χ3n) is 5.59. The van der Waals surface area contributed by atoms with Crippen molar-refractivity contribution in [1.82, 2.24) is 4.90 Å². The SMILES string of the molecule is C[C@@H]([C@H](O)c1ccccc1)N(C)/C(C#N)=C/[C@H](Cc1ccccc1)c1ccccc1. The molecule has 1 N–H and O–H groups in total. The molecule has 152 valence electrons. The summed E-state index contributed by atoms with van der Waals surface area (Å²) in [5, 5.41) is 20.7. The molecule has 0 amide bonds. The minimum absolute atomic E-state index is 0.0618. The number of hydrogen-bond acceptors (Lipinski definition) is 3. The Hall–Kier alpha value is -3.35. The van der Waals surface area contributed by atoms with Crippen LogP contribution >= 0.6 is 0 Å². The lowest BCUT2D eigenvalue weighted by molar-refractivity contribution is 0.0911. The maximum atomic E-state index is 10.8. The summed E-state index contributed by atoms with van der Waals surface area (Å²) in [5.74, 6) is 0.0618. The first-order valence-corrected chi connectivity index (χ1v) is 10.3.